The summed E-state index contributed by atoms with van der Waals surface area (Å²) in [6, 6.07) is 3.79. The van der Waals surface area contributed by atoms with Gasteiger partial charge in [0.05, 0.1) is 10.5 Å². The van der Waals surface area contributed by atoms with Gasteiger partial charge in [-0.1, -0.05) is 6.92 Å². The highest BCUT2D eigenvalue weighted by Crippen LogP contribution is 2.30. The first-order chi connectivity index (χ1) is 9.37. The van der Waals surface area contributed by atoms with Crippen molar-refractivity contribution in [1.29, 1.82) is 0 Å². The minimum atomic E-state index is -3.83. The Balaban J connectivity index is 2.54. The Morgan fingerprint density at radius 1 is 1.50 bits per heavy atom. The minimum absolute atomic E-state index is 0.0666. The molecule has 0 saturated carbocycles. The Kier molecular flexibility index (Phi) is 4.01. The van der Waals surface area contributed by atoms with E-state index in [2.05, 4.69) is 0 Å². The molecule has 0 aliphatic carbocycles. The molecule has 0 spiro atoms. The normalized spacial score (nSPS) is 20.1. The van der Waals surface area contributed by atoms with E-state index in [0.29, 0.717) is 13.0 Å². The third-order valence-electron chi connectivity index (χ3n) is 3.62. The predicted molar refractivity (Wildman–Crippen MR) is 75.0 cm³/mol. The quantitative estimate of drug-likeness (QED) is 0.821. The number of nitrogens with two attached hydrogens (primary N) is 1. The number of benzene rings is 1. The number of rotatable bonds is 4. The lowest BCUT2D eigenvalue weighted by atomic mass is 10.2. The molecule has 2 rings (SSSR count). The average Bonchev–Trinajstić information content (AvgIpc) is 2.87. The molecule has 1 atom stereocenters. The van der Waals surface area contributed by atoms with E-state index in [-0.39, 0.29) is 22.2 Å². The van der Waals surface area contributed by atoms with E-state index >= 15 is 0 Å². The van der Waals surface area contributed by atoms with Crippen molar-refractivity contribution in [2.24, 2.45) is 0 Å². The fraction of sp³-hybridized carbons (Fsp3) is 0.462. The van der Waals surface area contributed by atoms with Crippen LogP contribution in [0.2, 0.25) is 0 Å². The van der Waals surface area contributed by atoms with Gasteiger partial charge in [-0.05, 0) is 37.5 Å². The van der Waals surface area contributed by atoms with Crippen LogP contribution in [-0.2, 0) is 10.0 Å². The SMILES string of the molecule is CCC1CCCN1S(=O)(=O)c1cc(N)ccc1C(=O)O. The molecule has 0 amide bonds. The summed E-state index contributed by atoms with van der Waals surface area (Å²) >= 11 is 0. The van der Waals surface area contributed by atoms with Crippen LogP contribution in [-0.4, -0.2) is 36.4 Å². The van der Waals surface area contributed by atoms with Gasteiger partial charge in [0.15, 0.2) is 0 Å². The molecule has 1 aromatic rings. The number of carboxylic acid groups (broad SMARTS) is 1. The molecule has 1 aliphatic rings. The second kappa shape index (κ2) is 5.41. The number of nitrogen functional groups attached to an aromatic ring is 1. The van der Waals surface area contributed by atoms with Gasteiger partial charge < -0.3 is 10.8 Å². The van der Waals surface area contributed by atoms with Crippen molar-refractivity contribution in [2.45, 2.75) is 37.1 Å². The zero-order valence-electron chi connectivity index (χ0n) is 11.2. The molecular weight excluding hydrogens is 280 g/mol. The number of hydrogen-bond donors (Lipinski definition) is 2. The average molecular weight is 298 g/mol. The van der Waals surface area contributed by atoms with Gasteiger partial charge in [-0.15, -0.1) is 0 Å². The molecule has 1 aromatic carbocycles. The molecule has 3 N–H and O–H groups in total. The van der Waals surface area contributed by atoms with E-state index in [1.54, 1.807) is 0 Å². The molecule has 110 valence electrons. The van der Waals surface area contributed by atoms with E-state index < -0.39 is 16.0 Å². The summed E-state index contributed by atoms with van der Waals surface area (Å²) in [5.74, 6) is -1.27. The Morgan fingerprint density at radius 2 is 2.20 bits per heavy atom. The third kappa shape index (κ3) is 2.51. The number of carboxylic acids is 1. The van der Waals surface area contributed by atoms with Crippen molar-refractivity contribution in [3.8, 4) is 0 Å². The molecule has 1 aliphatic heterocycles. The molecular formula is C13H18N2O4S. The Morgan fingerprint density at radius 3 is 2.80 bits per heavy atom. The lowest BCUT2D eigenvalue weighted by molar-refractivity contribution is 0.0692. The smallest absolute Gasteiger partial charge is 0.337 e. The number of sulfonamides is 1. The summed E-state index contributed by atoms with van der Waals surface area (Å²) in [4.78, 5) is 11.0. The van der Waals surface area contributed by atoms with Crippen LogP contribution in [0.4, 0.5) is 5.69 Å². The molecule has 0 radical (unpaired) electrons. The number of nitrogens with zero attached hydrogens (tertiary/aromatic N) is 1. The predicted octanol–water partition coefficient (Wildman–Crippen LogP) is 1.53. The lowest BCUT2D eigenvalue weighted by Gasteiger charge is -2.23. The van der Waals surface area contributed by atoms with E-state index in [9.17, 15) is 13.2 Å². The third-order valence-corrected chi connectivity index (χ3v) is 5.61. The van der Waals surface area contributed by atoms with Crippen molar-refractivity contribution in [1.82, 2.24) is 4.31 Å². The summed E-state index contributed by atoms with van der Waals surface area (Å²) in [7, 11) is -3.83. The number of aromatic carboxylic acids is 1. The van der Waals surface area contributed by atoms with Gasteiger partial charge in [0.1, 0.15) is 0 Å². The van der Waals surface area contributed by atoms with E-state index in [4.69, 9.17) is 10.8 Å². The Bertz CT molecular complexity index is 627. The van der Waals surface area contributed by atoms with E-state index in [1.807, 2.05) is 6.92 Å². The van der Waals surface area contributed by atoms with Gasteiger partial charge in [-0.2, -0.15) is 4.31 Å². The van der Waals surface area contributed by atoms with Gasteiger partial charge in [-0.3, -0.25) is 0 Å². The monoisotopic (exact) mass is 298 g/mol. The zero-order valence-corrected chi connectivity index (χ0v) is 12.1. The maximum Gasteiger partial charge on any atom is 0.337 e. The summed E-state index contributed by atoms with van der Waals surface area (Å²) in [6.45, 7) is 2.35. The minimum Gasteiger partial charge on any atom is -0.478 e. The summed E-state index contributed by atoms with van der Waals surface area (Å²) < 4.78 is 26.8. The number of carbonyl (C=O) groups is 1. The molecule has 6 nitrogen and oxygen atoms in total. The summed E-state index contributed by atoms with van der Waals surface area (Å²) in [5.41, 5.74) is 5.62. The first-order valence-electron chi connectivity index (χ1n) is 6.52. The van der Waals surface area contributed by atoms with Gasteiger partial charge in [0.2, 0.25) is 10.0 Å². The molecule has 1 unspecified atom stereocenters. The van der Waals surface area contributed by atoms with Crippen LogP contribution in [0.5, 0.6) is 0 Å². The molecule has 7 heteroatoms. The van der Waals surface area contributed by atoms with Crippen LogP contribution < -0.4 is 5.73 Å². The van der Waals surface area contributed by atoms with Crippen LogP contribution in [0.1, 0.15) is 36.5 Å². The van der Waals surface area contributed by atoms with Gasteiger partial charge >= 0.3 is 5.97 Å². The molecule has 20 heavy (non-hydrogen) atoms. The molecule has 0 bridgehead atoms. The van der Waals surface area contributed by atoms with Crippen molar-refractivity contribution < 1.29 is 18.3 Å². The van der Waals surface area contributed by atoms with E-state index in [0.717, 1.165) is 12.8 Å². The second-order valence-electron chi connectivity index (χ2n) is 4.88. The fourth-order valence-corrected chi connectivity index (χ4v) is 4.58. The highest BCUT2D eigenvalue weighted by atomic mass is 32.2. The molecule has 0 aromatic heterocycles. The first kappa shape index (κ1) is 14.8. The Hall–Kier alpha value is -1.60. The van der Waals surface area contributed by atoms with Crippen LogP contribution >= 0.6 is 0 Å². The second-order valence-corrected chi connectivity index (χ2v) is 6.74. The van der Waals surface area contributed by atoms with Crippen LogP contribution in [0, 0.1) is 0 Å². The largest absolute Gasteiger partial charge is 0.478 e. The molecule has 1 saturated heterocycles. The van der Waals surface area contributed by atoms with Crippen LogP contribution in [0.25, 0.3) is 0 Å². The van der Waals surface area contributed by atoms with Gasteiger partial charge in [0.25, 0.3) is 0 Å². The molecule has 1 heterocycles. The van der Waals surface area contributed by atoms with Crippen LogP contribution in [0.15, 0.2) is 23.1 Å². The lowest BCUT2D eigenvalue weighted by Crippen LogP contribution is -2.36. The highest BCUT2D eigenvalue weighted by molar-refractivity contribution is 7.89. The Labute approximate surface area is 118 Å². The van der Waals surface area contributed by atoms with Gasteiger partial charge in [0, 0.05) is 18.3 Å². The van der Waals surface area contributed by atoms with Crippen LogP contribution in [0.3, 0.4) is 0 Å². The summed E-state index contributed by atoms with van der Waals surface area (Å²) in [6.07, 6.45) is 2.31. The topological polar surface area (TPSA) is 101 Å². The maximum atomic E-state index is 12.7. The van der Waals surface area contributed by atoms with Gasteiger partial charge in [-0.25, -0.2) is 13.2 Å². The van der Waals surface area contributed by atoms with Crippen molar-refractivity contribution in [2.75, 3.05) is 12.3 Å². The fourth-order valence-electron chi connectivity index (χ4n) is 2.59. The maximum absolute atomic E-state index is 12.7. The number of anilines is 1. The van der Waals surface area contributed by atoms with Crippen molar-refractivity contribution >= 4 is 21.7 Å². The molecule has 1 fully saturated rings. The first-order valence-corrected chi connectivity index (χ1v) is 7.96. The van der Waals surface area contributed by atoms with Crippen molar-refractivity contribution in [3.63, 3.8) is 0 Å². The summed E-state index contributed by atoms with van der Waals surface area (Å²) in [5, 5.41) is 9.16. The van der Waals surface area contributed by atoms with E-state index in [1.165, 1.54) is 22.5 Å². The number of hydrogen-bond acceptors (Lipinski definition) is 4. The standard InChI is InChI=1S/C13H18N2O4S/c1-2-10-4-3-7-15(10)20(18,19)12-8-9(14)5-6-11(12)13(16)17/h5-6,8,10H,2-4,7,14H2,1H3,(H,16,17). The van der Waals surface area contributed by atoms with Crippen molar-refractivity contribution in [3.05, 3.63) is 23.8 Å². The highest BCUT2D eigenvalue weighted by Gasteiger charge is 2.36. The zero-order chi connectivity index (χ0) is 14.9.